The number of aliphatic hydroxyl groups excluding tert-OH is 1. The number of nitrogens with two attached hydrogens (primary N) is 1. The molecule has 15 heavy (non-hydrogen) atoms. The summed E-state index contributed by atoms with van der Waals surface area (Å²) >= 11 is 0. The second-order valence-electron chi connectivity index (χ2n) is 3.48. The molecule has 0 spiro atoms. The molecule has 4 N–H and O–H groups in total. The summed E-state index contributed by atoms with van der Waals surface area (Å²) < 4.78 is 0. The van der Waals surface area contributed by atoms with E-state index in [1.54, 1.807) is 12.4 Å². The number of aromatic nitrogens is 3. The van der Waals surface area contributed by atoms with E-state index in [0.717, 1.165) is 23.0 Å². The van der Waals surface area contributed by atoms with E-state index in [-0.39, 0.29) is 0 Å². The van der Waals surface area contributed by atoms with Crippen molar-refractivity contribution in [3.05, 3.63) is 24.3 Å². The third-order valence-corrected chi connectivity index (χ3v) is 2.41. The van der Waals surface area contributed by atoms with Gasteiger partial charge in [0, 0.05) is 11.8 Å². The molecule has 0 radical (unpaired) electrons. The van der Waals surface area contributed by atoms with E-state index in [1.807, 2.05) is 0 Å². The highest BCUT2D eigenvalue weighted by molar-refractivity contribution is 5.77. The van der Waals surface area contributed by atoms with Crippen molar-refractivity contribution in [3.63, 3.8) is 0 Å². The smallest absolute Gasteiger partial charge is 0.116 e. The van der Waals surface area contributed by atoms with E-state index >= 15 is 0 Å². The zero-order chi connectivity index (χ0) is 10.7. The minimum absolute atomic E-state index is 0.503. The van der Waals surface area contributed by atoms with Gasteiger partial charge in [-0.3, -0.25) is 0 Å². The summed E-state index contributed by atoms with van der Waals surface area (Å²) in [6.45, 7) is 0.592. The number of hydrogen-bond donors (Lipinski definition) is 3. The van der Waals surface area contributed by atoms with E-state index in [0.29, 0.717) is 13.0 Å². The van der Waals surface area contributed by atoms with Crippen molar-refractivity contribution in [1.82, 2.24) is 15.0 Å². The molecule has 1 unspecified atom stereocenters. The molecule has 0 aliphatic heterocycles. The third-order valence-electron chi connectivity index (χ3n) is 2.41. The summed E-state index contributed by atoms with van der Waals surface area (Å²) in [6.07, 6.45) is 5.92. The molecule has 0 fully saturated rings. The minimum Gasteiger partial charge on any atom is -0.388 e. The van der Waals surface area contributed by atoms with Gasteiger partial charge in [0.1, 0.15) is 6.33 Å². The van der Waals surface area contributed by atoms with Crippen LogP contribution in [0, 0.1) is 0 Å². The topological polar surface area (TPSA) is 87.8 Å². The van der Waals surface area contributed by atoms with Gasteiger partial charge in [0.2, 0.25) is 0 Å². The van der Waals surface area contributed by atoms with Crippen LogP contribution < -0.4 is 5.73 Å². The zero-order valence-corrected chi connectivity index (χ0v) is 8.35. The van der Waals surface area contributed by atoms with E-state index in [4.69, 9.17) is 5.73 Å². The highest BCUT2D eigenvalue weighted by atomic mass is 16.3. The van der Waals surface area contributed by atoms with Crippen LogP contribution in [-0.4, -0.2) is 26.6 Å². The summed E-state index contributed by atoms with van der Waals surface area (Å²) in [6, 6.07) is 0. The summed E-state index contributed by atoms with van der Waals surface area (Å²) in [4.78, 5) is 11.1. The van der Waals surface area contributed by atoms with Crippen LogP contribution in [0.5, 0.6) is 0 Å². The number of H-pyrrole nitrogens is 1. The molecule has 0 saturated heterocycles. The lowest BCUT2D eigenvalue weighted by Crippen LogP contribution is -2.03. The van der Waals surface area contributed by atoms with Gasteiger partial charge in [0.05, 0.1) is 23.3 Å². The molecular formula is C10H14N4O. The first-order chi connectivity index (χ1) is 7.33. The highest BCUT2D eigenvalue weighted by Gasteiger charge is 2.13. The average molecular weight is 206 g/mol. The first kappa shape index (κ1) is 10.1. The Balaban J connectivity index is 2.27. The Morgan fingerprint density at radius 1 is 1.53 bits per heavy atom. The molecule has 2 rings (SSSR count). The molecule has 2 aromatic heterocycles. The van der Waals surface area contributed by atoms with E-state index < -0.39 is 6.10 Å². The van der Waals surface area contributed by atoms with Crippen molar-refractivity contribution >= 4 is 11.0 Å². The number of aliphatic hydroxyl groups is 1. The lowest BCUT2D eigenvalue weighted by molar-refractivity contribution is 0.167. The minimum atomic E-state index is -0.503. The lowest BCUT2D eigenvalue weighted by Gasteiger charge is -2.07. The number of nitrogens with zero attached hydrogens (tertiary/aromatic N) is 2. The van der Waals surface area contributed by atoms with Crippen LogP contribution in [0.25, 0.3) is 11.0 Å². The van der Waals surface area contributed by atoms with Crippen molar-refractivity contribution in [1.29, 1.82) is 0 Å². The predicted octanol–water partition coefficient (Wildman–Crippen LogP) is 0.730. The fourth-order valence-electron chi connectivity index (χ4n) is 1.61. The molecule has 0 aliphatic carbocycles. The molecule has 0 bridgehead atoms. The number of fused-ring (bicyclic) bond motifs is 1. The van der Waals surface area contributed by atoms with Crippen LogP contribution in [0.4, 0.5) is 0 Å². The van der Waals surface area contributed by atoms with Crippen LogP contribution in [0.15, 0.2) is 18.7 Å². The summed E-state index contributed by atoms with van der Waals surface area (Å²) in [5.74, 6) is 0. The van der Waals surface area contributed by atoms with E-state index in [1.165, 1.54) is 6.33 Å². The van der Waals surface area contributed by atoms with Crippen molar-refractivity contribution in [2.45, 2.75) is 18.9 Å². The molecule has 0 saturated carbocycles. The molecule has 5 heteroatoms. The van der Waals surface area contributed by atoms with E-state index in [2.05, 4.69) is 15.0 Å². The van der Waals surface area contributed by atoms with E-state index in [9.17, 15) is 5.11 Å². The maximum absolute atomic E-state index is 9.90. The highest BCUT2D eigenvalue weighted by Crippen LogP contribution is 2.24. The predicted molar refractivity (Wildman–Crippen MR) is 57.1 cm³/mol. The summed E-state index contributed by atoms with van der Waals surface area (Å²) in [5.41, 5.74) is 7.85. The molecule has 0 amide bonds. The summed E-state index contributed by atoms with van der Waals surface area (Å²) in [5, 5.41) is 9.90. The van der Waals surface area contributed by atoms with Crippen molar-refractivity contribution in [2.24, 2.45) is 5.73 Å². The molecule has 1 atom stereocenters. The first-order valence-corrected chi connectivity index (χ1v) is 4.98. The number of nitrogens with one attached hydrogen (secondary N) is 1. The van der Waals surface area contributed by atoms with Crippen LogP contribution in [0.1, 0.15) is 24.5 Å². The van der Waals surface area contributed by atoms with Gasteiger partial charge in [0.25, 0.3) is 0 Å². The van der Waals surface area contributed by atoms with Crippen molar-refractivity contribution in [3.8, 4) is 0 Å². The molecular weight excluding hydrogens is 192 g/mol. The van der Waals surface area contributed by atoms with Gasteiger partial charge in [-0.05, 0) is 19.4 Å². The second-order valence-corrected chi connectivity index (χ2v) is 3.48. The fourth-order valence-corrected chi connectivity index (χ4v) is 1.61. The summed E-state index contributed by atoms with van der Waals surface area (Å²) in [7, 11) is 0. The molecule has 0 aromatic carbocycles. The molecule has 2 heterocycles. The van der Waals surface area contributed by atoms with Gasteiger partial charge in [-0.1, -0.05) is 0 Å². The Labute approximate surface area is 87.4 Å². The van der Waals surface area contributed by atoms with Gasteiger partial charge >= 0.3 is 0 Å². The van der Waals surface area contributed by atoms with Crippen LogP contribution in [0.3, 0.4) is 0 Å². The van der Waals surface area contributed by atoms with Crippen molar-refractivity contribution in [2.75, 3.05) is 6.54 Å². The lowest BCUT2D eigenvalue weighted by atomic mass is 10.1. The monoisotopic (exact) mass is 206 g/mol. The zero-order valence-electron chi connectivity index (χ0n) is 8.35. The molecule has 5 nitrogen and oxygen atoms in total. The van der Waals surface area contributed by atoms with Gasteiger partial charge < -0.3 is 15.8 Å². The van der Waals surface area contributed by atoms with Gasteiger partial charge in [-0.2, -0.15) is 0 Å². The maximum atomic E-state index is 9.90. The quantitative estimate of drug-likeness (QED) is 0.688. The third kappa shape index (κ3) is 1.98. The number of rotatable bonds is 4. The largest absolute Gasteiger partial charge is 0.388 e. The van der Waals surface area contributed by atoms with Crippen molar-refractivity contribution < 1.29 is 5.11 Å². The SMILES string of the molecule is NCCCC(O)c1c[nH]c2cncnc12. The van der Waals surface area contributed by atoms with Gasteiger partial charge in [-0.25, -0.2) is 9.97 Å². The normalized spacial score (nSPS) is 13.2. The van der Waals surface area contributed by atoms with Gasteiger partial charge in [0.15, 0.2) is 0 Å². The van der Waals surface area contributed by atoms with Crippen LogP contribution >= 0.6 is 0 Å². The Kier molecular flexibility index (Phi) is 2.94. The molecule has 2 aromatic rings. The number of aromatic amines is 1. The second kappa shape index (κ2) is 4.37. The standard InChI is InChI=1S/C10H14N4O/c11-3-1-2-9(15)7-4-13-8-5-12-6-14-10(7)8/h4-6,9,13,15H,1-3,11H2. The maximum Gasteiger partial charge on any atom is 0.116 e. The van der Waals surface area contributed by atoms with Crippen LogP contribution in [0.2, 0.25) is 0 Å². The number of hydrogen-bond acceptors (Lipinski definition) is 4. The van der Waals surface area contributed by atoms with Gasteiger partial charge in [-0.15, -0.1) is 0 Å². The Bertz CT molecular complexity index is 440. The average Bonchev–Trinajstić information content (AvgIpc) is 2.69. The Hall–Kier alpha value is -1.46. The fraction of sp³-hybridized carbons (Fsp3) is 0.400. The molecule has 0 aliphatic rings. The Morgan fingerprint density at radius 2 is 2.40 bits per heavy atom. The molecule has 80 valence electrons. The Morgan fingerprint density at radius 3 is 3.20 bits per heavy atom. The first-order valence-electron chi connectivity index (χ1n) is 4.98. The van der Waals surface area contributed by atoms with Crippen LogP contribution in [-0.2, 0) is 0 Å².